The van der Waals surface area contributed by atoms with E-state index in [1.54, 1.807) is 13.0 Å². The fraction of sp³-hybridized carbons (Fsp3) is 0.625. The molecule has 0 radical (unpaired) electrons. The number of rotatable bonds is 3. The zero-order valence-corrected chi connectivity index (χ0v) is 12.8. The summed E-state index contributed by atoms with van der Waals surface area (Å²) in [5.41, 5.74) is 2.25. The molecule has 0 bridgehead atoms. The first kappa shape index (κ1) is 14.8. The van der Waals surface area contributed by atoms with Crippen LogP contribution in [-0.4, -0.2) is 11.0 Å². The maximum absolute atomic E-state index is 10.8. The molecule has 110 valence electrons. The molecule has 0 saturated heterocycles. The SMILES string of the molecule is Cc1cc(NC2CC(C)CC(C)(C)C2)ccc1[N+](=O)[O-]. The second-order valence-electron chi connectivity index (χ2n) is 7.01. The maximum Gasteiger partial charge on any atom is 0.272 e. The first-order valence-electron chi connectivity index (χ1n) is 7.28. The molecule has 1 N–H and O–H groups in total. The van der Waals surface area contributed by atoms with E-state index >= 15 is 0 Å². The van der Waals surface area contributed by atoms with Gasteiger partial charge in [-0.1, -0.05) is 20.8 Å². The van der Waals surface area contributed by atoms with Crippen molar-refractivity contribution in [1.82, 2.24) is 0 Å². The average molecular weight is 276 g/mol. The van der Waals surface area contributed by atoms with Crippen LogP contribution in [0.25, 0.3) is 0 Å². The van der Waals surface area contributed by atoms with Crippen molar-refractivity contribution in [3.05, 3.63) is 33.9 Å². The fourth-order valence-corrected chi connectivity index (χ4v) is 3.64. The van der Waals surface area contributed by atoms with E-state index in [-0.39, 0.29) is 10.6 Å². The molecule has 4 heteroatoms. The largest absolute Gasteiger partial charge is 0.382 e. The van der Waals surface area contributed by atoms with Crippen LogP contribution in [0.5, 0.6) is 0 Å². The van der Waals surface area contributed by atoms with Gasteiger partial charge < -0.3 is 5.32 Å². The Hall–Kier alpha value is -1.58. The van der Waals surface area contributed by atoms with Crippen molar-refractivity contribution >= 4 is 11.4 Å². The number of hydrogen-bond acceptors (Lipinski definition) is 3. The first-order valence-corrected chi connectivity index (χ1v) is 7.28. The molecule has 1 aliphatic carbocycles. The third-order valence-electron chi connectivity index (χ3n) is 4.15. The summed E-state index contributed by atoms with van der Waals surface area (Å²) in [6, 6.07) is 5.74. The highest BCUT2D eigenvalue weighted by Crippen LogP contribution is 2.39. The molecule has 0 spiro atoms. The third kappa shape index (κ3) is 3.50. The molecule has 2 unspecified atom stereocenters. The average Bonchev–Trinajstić information content (AvgIpc) is 2.25. The van der Waals surface area contributed by atoms with E-state index in [2.05, 4.69) is 26.1 Å². The Bertz CT molecular complexity index is 511. The molecule has 2 atom stereocenters. The van der Waals surface area contributed by atoms with Gasteiger partial charge in [-0.2, -0.15) is 0 Å². The molecule has 1 aromatic carbocycles. The minimum absolute atomic E-state index is 0.188. The number of benzene rings is 1. The fourth-order valence-electron chi connectivity index (χ4n) is 3.64. The molecular formula is C16H24N2O2. The van der Waals surface area contributed by atoms with Crippen LogP contribution in [0.1, 0.15) is 45.6 Å². The number of nitro benzene ring substituents is 1. The van der Waals surface area contributed by atoms with Gasteiger partial charge in [-0.3, -0.25) is 10.1 Å². The van der Waals surface area contributed by atoms with E-state index in [0.717, 1.165) is 18.0 Å². The molecule has 0 aromatic heterocycles. The Balaban J connectivity index is 2.10. The van der Waals surface area contributed by atoms with Crippen molar-refractivity contribution in [3.8, 4) is 0 Å². The monoisotopic (exact) mass is 276 g/mol. The van der Waals surface area contributed by atoms with Crippen molar-refractivity contribution in [3.63, 3.8) is 0 Å². The second-order valence-corrected chi connectivity index (χ2v) is 7.01. The van der Waals surface area contributed by atoms with E-state index in [0.29, 0.717) is 17.0 Å². The minimum Gasteiger partial charge on any atom is -0.382 e. The zero-order chi connectivity index (χ0) is 14.9. The van der Waals surface area contributed by atoms with Gasteiger partial charge >= 0.3 is 0 Å². The topological polar surface area (TPSA) is 55.2 Å². The van der Waals surface area contributed by atoms with Crippen molar-refractivity contribution in [2.45, 2.75) is 53.0 Å². The number of nitro groups is 1. The summed E-state index contributed by atoms with van der Waals surface area (Å²) in [5, 5.41) is 14.4. The van der Waals surface area contributed by atoms with Crippen LogP contribution >= 0.6 is 0 Å². The minimum atomic E-state index is -0.328. The molecule has 0 amide bonds. The van der Waals surface area contributed by atoms with Crippen LogP contribution in [0, 0.1) is 28.4 Å². The Labute approximate surface area is 120 Å². The summed E-state index contributed by atoms with van der Waals surface area (Å²) in [5.74, 6) is 0.718. The van der Waals surface area contributed by atoms with Gasteiger partial charge in [-0.25, -0.2) is 0 Å². The summed E-state index contributed by atoms with van der Waals surface area (Å²) in [7, 11) is 0. The molecule has 1 aromatic rings. The molecule has 0 aliphatic heterocycles. The van der Waals surface area contributed by atoms with Gasteiger partial charge in [0.05, 0.1) is 4.92 Å². The second kappa shape index (κ2) is 5.43. The van der Waals surface area contributed by atoms with Gasteiger partial charge in [-0.05, 0) is 49.7 Å². The predicted molar refractivity (Wildman–Crippen MR) is 82.0 cm³/mol. The van der Waals surface area contributed by atoms with E-state index in [1.807, 2.05) is 12.1 Å². The van der Waals surface area contributed by atoms with Gasteiger partial charge in [0, 0.05) is 23.4 Å². The number of nitrogens with one attached hydrogen (secondary N) is 1. The lowest BCUT2D eigenvalue weighted by atomic mass is 9.70. The van der Waals surface area contributed by atoms with Crippen LogP contribution in [0.15, 0.2) is 18.2 Å². The van der Waals surface area contributed by atoms with Gasteiger partial charge in [-0.15, -0.1) is 0 Å². The summed E-state index contributed by atoms with van der Waals surface area (Å²) in [6.45, 7) is 8.73. The Morgan fingerprint density at radius 1 is 1.35 bits per heavy atom. The Morgan fingerprint density at radius 2 is 2.05 bits per heavy atom. The zero-order valence-electron chi connectivity index (χ0n) is 12.8. The van der Waals surface area contributed by atoms with E-state index in [4.69, 9.17) is 0 Å². The lowest BCUT2D eigenvalue weighted by Gasteiger charge is -2.39. The third-order valence-corrected chi connectivity index (χ3v) is 4.15. The van der Waals surface area contributed by atoms with Gasteiger partial charge in [0.25, 0.3) is 5.69 Å². The standard InChI is InChI=1S/C16H24N2O2/c1-11-7-14(10-16(3,4)9-11)17-13-5-6-15(18(19)20)12(2)8-13/h5-6,8,11,14,17H,7,9-10H2,1-4H3. The molecule has 1 aliphatic rings. The lowest BCUT2D eigenvalue weighted by Crippen LogP contribution is -2.35. The van der Waals surface area contributed by atoms with E-state index in [1.165, 1.54) is 12.8 Å². The summed E-state index contributed by atoms with van der Waals surface area (Å²) >= 11 is 0. The molecule has 0 heterocycles. The Kier molecular flexibility index (Phi) is 4.02. The quantitative estimate of drug-likeness (QED) is 0.652. The van der Waals surface area contributed by atoms with Crippen molar-refractivity contribution in [2.24, 2.45) is 11.3 Å². The highest BCUT2D eigenvalue weighted by molar-refractivity contribution is 5.54. The molecule has 4 nitrogen and oxygen atoms in total. The molecule has 1 fully saturated rings. The maximum atomic E-state index is 10.8. The van der Waals surface area contributed by atoms with Gasteiger partial charge in [0.1, 0.15) is 0 Å². The van der Waals surface area contributed by atoms with E-state index in [9.17, 15) is 10.1 Å². The van der Waals surface area contributed by atoms with Crippen LogP contribution in [0.3, 0.4) is 0 Å². The highest BCUT2D eigenvalue weighted by Gasteiger charge is 2.31. The number of hydrogen-bond donors (Lipinski definition) is 1. The van der Waals surface area contributed by atoms with Crippen LogP contribution in [0.2, 0.25) is 0 Å². The lowest BCUT2D eigenvalue weighted by molar-refractivity contribution is -0.385. The highest BCUT2D eigenvalue weighted by atomic mass is 16.6. The molecular weight excluding hydrogens is 252 g/mol. The normalized spacial score (nSPS) is 25.2. The van der Waals surface area contributed by atoms with E-state index < -0.39 is 0 Å². The van der Waals surface area contributed by atoms with Crippen LogP contribution in [-0.2, 0) is 0 Å². The number of nitrogens with zero attached hydrogens (tertiary/aromatic N) is 1. The number of anilines is 1. The first-order chi connectivity index (χ1) is 9.27. The van der Waals surface area contributed by atoms with Crippen LogP contribution < -0.4 is 5.32 Å². The molecule has 20 heavy (non-hydrogen) atoms. The summed E-state index contributed by atoms with van der Waals surface area (Å²) < 4.78 is 0. The smallest absolute Gasteiger partial charge is 0.272 e. The Morgan fingerprint density at radius 3 is 2.60 bits per heavy atom. The van der Waals surface area contributed by atoms with Crippen molar-refractivity contribution < 1.29 is 4.92 Å². The number of aryl methyl sites for hydroxylation is 1. The van der Waals surface area contributed by atoms with Crippen molar-refractivity contribution in [2.75, 3.05) is 5.32 Å². The predicted octanol–water partition coefficient (Wildman–Crippen LogP) is 4.53. The van der Waals surface area contributed by atoms with Crippen molar-refractivity contribution in [1.29, 1.82) is 0 Å². The van der Waals surface area contributed by atoms with Crippen LogP contribution in [0.4, 0.5) is 11.4 Å². The molecule has 1 saturated carbocycles. The van der Waals surface area contributed by atoms with Gasteiger partial charge in [0.15, 0.2) is 0 Å². The molecule has 2 rings (SSSR count). The summed E-state index contributed by atoms with van der Waals surface area (Å²) in [4.78, 5) is 10.5. The van der Waals surface area contributed by atoms with Gasteiger partial charge in [0.2, 0.25) is 0 Å². The summed E-state index contributed by atoms with van der Waals surface area (Å²) in [6.07, 6.45) is 3.58.